The van der Waals surface area contributed by atoms with Gasteiger partial charge in [-0.05, 0) is 31.5 Å². The van der Waals surface area contributed by atoms with Crippen molar-refractivity contribution in [3.63, 3.8) is 0 Å². The fraction of sp³-hybridized carbons (Fsp3) is 0.500. The van der Waals surface area contributed by atoms with Crippen molar-refractivity contribution >= 4 is 17.3 Å². The molecule has 1 nitrogen and oxygen atoms in total. The number of rotatable bonds is 2. The zero-order valence-electron chi connectivity index (χ0n) is 9.52. The van der Waals surface area contributed by atoms with Crippen LogP contribution in [0.4, 0.5) is 5.69 Å². The summed E-state index contributed by atoms with van der Waals surface area (Å²) in [5.74, 6) is 0. The van der Waals surface area contributed by atoms with E-state index in [2.05, 4.69) is 26.1 Å². The highest BCUT2D eigenvalue weighted by molar-refractivity contribution is 6.31. The van der Waals surface area contributed by atoms with Crippen LogP contribution in [0.1, 0.15) is 32.8 Å². The summed E-state index contributed by atoms with van der Waals surface area (Å²) in [6.45, 7) is 9.24. The van der Waals surface area contributed by atoms with E-state index in [4.69, 9.17) is 11.6 Å². The summed E-state index contributed by atoms with van der Waals surface area (Å²) < 4.78 is 0. The molecule has 0 aliphatic carbocycles. The van der Waals surface area contributed by atoms with Crippen molar-refractivity contribution in [2.75, 3.05) is 11.9 Å². The fourth-order valence-corrected chi connectivity index (χ4v) is 1.09. The smallest absolute Gasteiger partial charge is 0.0455 e. The Kier molecular flexibility index (Phi) is 7.31. The van der Waals surface area contributed by atoms with Crippen LogP contribution in [0.3, 0.4) is 0 Å². The van der Waals surface area contributed by atoms with Crippen LogP contribution < -0.4 is 5.32 Å². The normalized spacial score (nSPS) is 8.93. The van der Waals surface area contributed by atoms with Gasteiger partial charge in [-0.2, -0.15) is 0 Å². The Morgan fingerprint density at radius 2 is 1.79 bits per heavy atom. The largest absolute Gasteiger partial charge is 0.385 e. The van der Waals surface area contributed by atoms with E-state index in [9.17, 15) is 0 Å². The third kappa shape index (κ3) is 5.13. The lowest BCUT2D eigenvalue weighted by Gasteiger charge is -2.04. The van der Waals surface area contributed by atoms with E-state index in [-0.39, 0.29) is 0 Å². The SMILES string of the molecule is CCC.CCNc1ccc(C)c(Cl)c1. The van der Waals surface area contributed by atoms with Crippen LogP contribution >= 0.6 is 11.6 Å². The summed E-state index contributed by atoms with van der Waals surface area (Å²) >= 11 is 5.91. The van der Waals surface area contributed by atoms with Gasteiger partial charge in [0, 0.05) is 17.3 Å². The Bertz CT molecular complexity index is 258. The molecule has 0 atom stereocenters. The molecular weight excluding hydrogens is 194 g/mol. The van der Waals surface area contributed by atoms with Crippen molar-refractivity contribution in [2.24, 2.45) is 0 Å². The lowest BCUT2D eigenvalue weighted by atomic mass is 10.2. The predicted octanol–water partition coefficient (Wildman–Crippen LogP) is 4.50. The van der Waals surface area contributed by atoms with Gasteiger partial charge in [0.2, 0.25) is 0 Å². The Labute approximate surface area is 92.5 Å². The van der Waals surface area contributed by atoms with Crippen LogP contribution in [0.15, 0.2) is 18.2 Å². The number of anilines is 1. The van der Waals surface area contributed by atoms with Crippen LogP contribution in [0.5, 0.6) is 0 Å². The lowest BCUT2D eigenvalue weighted by Crippen LogP contribution is -1.95. The van der Waals surface area contributed by atoms with Crippen LogP contribution in [-0.2, 0) is 0 Å². The maximum atomic E-state index is 5.91. The molecule has 0 bridgehead atoms. The molecule has 1 aromatic rings. The minimum absolute atomic E-state index is 0.823. The van der Waals surface area contributed by atoms with E-state index in [1.54, 1.807) is 0 Å². The van der Waals surface area contributed by atoms with Gasteiger partial charge in [-0.3, -0.25) is 0 Å². The molecular formula is C12H20ClN. The minimum Gasteiger partial charge on any atom is -0.385 e. The maximum Gasteiger partial charge on any atom is 0.0455 e. The van der Waals surface area contributed by atoms with E-state index >= 15 is 0 Å². The molecule has 0 amide bonds. The molecule has 0 unspecified atom stereocenters. The molecule has 1 N–H and O–H groups in total. The molecule has 14 heavy (non-hydrogen) atoms. The highest BCUT2D eigenvalue weighted by Gasteiger charge is 1.94. The first-order valence-electron chi connectivity index (χ1n) is 5.15. The lowest BCUT2D eigenvalue weighted by molar-refractivity contribution is 1.09. The van der Waals surface area contributed by atoms with Crippen LogP contribution in [0, 0.1) is 6.92 Å². The molecule has 2 heteroatoms. The number of hydrogen-bond acceptors (Lipinski definition) is 1. The topological polar surface area (TPSA) is 12.0 Å². The fourth-order valence-electron chi connectivity index (χ4n) is 0.907. The number of halogens is 1. The van der Waals surface area contributed by atoms with Crippen LogP contribution in [0.25, 0.3) is 0 Å². The molecule has 0 spiro atoms. The second-order valence-corrected chi connectivity index (χ2v) is 3.61. The molecule has 0 aliphatic heterocycles. The van der Waals surface area contributed by atoms with Gasteiger partial charge in [0.1, 0.15) is 0 Å². The quantitative estimate of drug-likeness (QED) is 0.763. The summed E-state index contributed by atoms with van der Waals surface area (Å²) in [5.41, 5.74) is 2.21. The summed E-state index contributed by atoms with van der Waals surface area (Å²) in [4.78, 5) is 0. The summed E-state index contributed by atoms with van der Waals surface area (Å²) in [7, 11) is 0. The summed E-state index contributed by atoms with van der Waals surface area (Å²) in [5, 5.41) is 4.01. The van der Waals surface area contributed by atoms with Crippen LogP contribution in [-0.4, -0.2) is 6.54 Å². The second-order valence-electron chi connectivity index (χ2n) is 3.20. The first kappa shape index (κ1) is 13.3. The third-order valence-corrected chi connectivity index (χ3v) is 1.96. The van der Waals surface area contributed by atoms with E-state index in [1.807, 2.05) is 25.1 Å². The molecule has 1 rings (SSSR count). The van der Waals surface area contributed by atoms with Gasteiger partial charge in [-0.25, -0.2) is 0 Å². The maximum absolute atomic E-state index is 5.91. The molecule has 1 aromatic carbocycles. The first-order valence-corrected chi connectivity index (χ1v) is 5.53. The zero-order chi connectivity index (χ0) is 11.0. The summed E-state index contributed by atoms with van der Waals surface area (Å²) in [6, 6.07) is 5.99. The van der Waals surface area contributed by atoms with E-state index in [1.165, 1.54) is 6.42 Å². The third-order valence-electron chi connectivity index (χ3n) is 1.55. The van der Waals surface area contributed by atoms with E-state index in [0.29, 0.717) is 0 Å². The standard InChI is InChI=1S/C9H12ClN.C3H8/c1-3-11-8-5-4-7(2)9(10)6-8;1-3-2/h4-6,11H,3H2,1-2H3;3H2,1-2H3. The van der Waals surface area contributed by atoms with Gasteiger partial charge in [0.25, 0.3) is 0 Å². The molecule has 0 heterocycles. The van der Waals surface area contributed by atoms with Crippen molar-refractivity contribution in [1.29, 1.82) is 0 Å². The van der Waals surface area contributed by atoms with E-state index in [0.717, 1.165) is 22.8 Å². The first-order chi connectivity index (χ1) is 6.65. The van der Waals surface area contributed by atoms with Crippen molar-refractivity contribution in [3.05, 3.63) is 28.8 Å². The molecule has 0 radical (unpaired) electrons. The van der Waals surface area contributed by atoms with Crippen molar-refractivity contribution in [3.8, 4) is 0 Å². The molecule has 80 valence electrons. The van der Waals surface area contributed by atoms with Crippen LogP contribution in [0.2, 0.25) is 5.02 Å². The van der Waals surface area contributed by atoms with Gasteiger partial charge in [0.05, 0.1) is 0 Å². The molecule has 0 aliphatic rings. The van der Waals surface area contributed by atoms with Gasteiger partial charge in [-0.1, -0.05) is 37.9 Å². The highest BCUT2D eigenvalue weighted by atomic mass is 35.5. The van der Waals surface area contributed by atoms with Gasteiger partial charge >= 0.3 is 0 Å². The Morgan fingerprint density at radius 1 is 1.21 bits per heavy atom. The molecule has 0 fully saturated rings. The highest BCUT2D eigenvalue weighted by Crippen LogP contribution is 2.19. The molecule has 0 saturated heterocycles. The van der Waals surface area contributed by atoms with Gasteiger partial charge in [0.15, 0.2) is 0 Å². The average Bonchev–Trinajstić information content (AvgIpc) is 2.13. The van der Waals surface area contributed by atoms with Gasteiger partial charge in [-0.15, -0.1) is 0 Å². The van der Waals surface area contributed by atoms with E-state index < -0.39 is 0 Å². The second kappa shape index (κ2) is 7.69. The minimum atomic E-state index is 0.823. The van der Waals surface area contributed by atoms with Crippen molar-refractivity contribution in [1.82, 2.24) is 0 Å². The average molecular weight is 214 g/mol. The number of aryl methyl sites for hydroxylation is 1. The molecule has 0 saturated carbocycles. The van der Waals surface area contributed by atoms with Crippen molar-refractivity contribution in [2.45, 2.75) is 34.1 Å². The summed E-state index contributed by atoms with van der Waals surface area (Å²) in [6.07, 6.45) is 1.25. The number of nitrogens with one attached hydrogen (secondary N) is 1. The Hall–Kier alpha value is -0.690. The monoisotopic (exact) mass is 213 g/mol. The Morgan fingerprint density at radius 3 is 2.21 bits per heavy atom. The zero-order valence-corrected chi connectivity index (χ0v) is 10.3. The number of benzene rings is 1. The Balaban J connectivity index is 0.000000500. The van der Waals surface area contributed by atoms with Crippen molar-refractivity contribution < 1.29 is 0 Å². The van der Waals surface area contributed by atoms with Gasteiger partial charge < -0.3 is 5.32 Å². The molecule has 0 aromatic heterocycles. The predicted molar refractivity (Wildman–Crippen MR) is 66.3 cm³/mol. The number of hydrogen-bond donors (Lipinski definition) is 1.